The van der Waals surface area contributed by atoms with Gasteiger partial charge in [0, 0.05) is 5.19 Å². The fourth-order valence-electron chi connectivity index (χ4n) is 1.61. The average Bonchev–Trinajstić information content (AvgIpc) is 2.15. The van der Waals surface area contributed by atoms with Gasteiger partial charge in [-0.25, -0.2) is 0 Å². The van der Waals surface area contributed by atoms with E-state index in [2.05, 4.69) is 0 Å². The highest BCUT2D eigenvalue weighted by atomic mass is 28.4. The van der Waals surface area contributed by atoms with Crippen LogP contribution in [0.2, 0.25) is 6.55 Å². The highest BCUT2D eigenvalue weighted by molar-refractivity contribution is 6.80. The molecule has 0 radical (unpaired) electrons. The Morgan fingerprint density at radius 3 is 2.29 bits per heavy atom. The zero-order valence-electron chi connectivity index (χ0n) is 7.80. The van der Waals surface area contributed by atoms with Crippen molar-refractivity contribution in [1.82, 2.24) is 0 Å². The van der Waals surface area contributed by atoms with Gasteiger partial charge in [-0.15, -0.1) is 0 Å². The maximum absolute atomic E-state index is 13.3. The topological polar surface area (TPSA) is 0 Å². The lowest BCUT2D eigenvalue weighted by Crippen LogP contribution is -2.35. The van der Waals surface area contributed by atoms with Gasteiger partial charge in [0.1, 0.15) is 0 Å². The molecule has 14 heavy (non-hydrogen) atoms. The quantitative estimate of drug-likeness (QED) is 0.499. The zero-order chi connectivity index (χ0) is 10.2. The highest BCUT2D eigenvalue weighted by Gasteiger charge is 2.32. The summed E-state index contributed by atoms with van der Waals surface area (Å²) in [6, 6.07) is 12.4. The molecule has 0 aliphatic carbocycles. The van der Waals surface area contributed by atoms with Crippen LogP contribution in [-0.4, -0.2) is 8.74 Å². The number of hydrogen-bond acceptors (Lipinski definition) is 0. The second kappa shape index (κ2) is 3.17. The fourth-order valence-corrected chi connectivity index (χ4v) is 2.70. The van der Waals surface area contributed by atoms with E-state index in [1.165, 1.54) is 6.07 Å². The number of fused-ring (bicyclic) bond motifs is 1. The van der Waals surface area contributed by atoms with Gasteiger partial charge in [0.25, 0.3) is 0 Å². The minimum absolute atomic E-state index is 0.232. The van der Waals surface area contributed by atoms with Crippen LogP contribution in [0.15, 0.2) is 42.5 Å². The molecular weight excluding hydrogens is 198 g/mol. The number of hydrogen-bond donors (Lipinski definition) is 0. The summed E-state index contributed by atoms with van der Waals surface area (Å²) >= 11 is 0. The molecule has 0 heterocycles. The molecule has 72 valence electrons. The first-order valence-electron chi connectivity index (χ1n) is 4.45. The lowest BCUT2D eigenvalue weighted by molar-refractivity contribution is 0.642. The maximum atomic E-state index is 13.3. The molecule has 0 amide bonds. The van der Waals surface area contributed by atoms with Crippen LogP contribution < -0.4 is 5.19 Å². The van der Waals surface area contributed by atoms with Crippen LogP contribution in [0, 0.1) is 0 Å². The third-order valence-corrected chi connectivity index (χ3v) is 3.64. The van der Waals surface area contributed by atoms with Crippen LogP contribution in [-0.2, 0) is 0 Å². The molecule has 2 aromatic rings. The van der Waals surface area contributed by atoms with Gasteiger partial charge in [0.05, 0.1) is 0 Å². The van der Waals surface area contributed by atoms with Crippen LogP contribution in [0.4, 0.5) is 8.22 Å². The molecule has 0 bridgehead atoms. The third-order valence-electron chi connectivity index (χ3n) is 2.26. The van der Waals surface area contributed by atoms with Crippen LogP contribution in [0.1, 0.15) is 0 Å². The molecule has 0 atom stereocenters. The molecule has 0 saturated carbocycles. The van der Waals surface area contributed by atoms with Crippen LogP contribution in [0.5, 0.6) is 0 Å². The molecule has 0 aliphatic rings. The van der Waals surface area contributed by atoms with Crippen molar-refractivity contribution in [2.45, 2.75) is 6.55 Å². The molecule has 0 unspecified atom stereocenters. The zero-order valence-corrected chi connectivity index (χ0v) is 8.80. The lowest BCUT2D eigenvalue weighted by atomic mass is 10.1. The van der Waals surface area contributed by atoms with Gasteiger partial charge < -0.3 is 0 Å². The lowest BCUT2D eigenvalue weighted by Gasteiger charge is -2.10. The van der Waals surface area contributed by atoms with Crippen molar-refractivity contribution in [3.8, 4) is 0 Å². The summed E-state index contributed by atoms with van der Waals surface area (Å²) in [6.45, 7) is 1.06. The summed E-state index contributed by atoms with van der Waals surface area (Å²) in [5, 5.41) is 1.81. The van der Waals surface area contributed by atoms with Gasteiger partial charge in [-0.1, -0.05) is 42.5 Å². The van der Waals surface area contributed by atoms with Gasteiger partial charge >= 0.3 is 8.74 Å². The van der Waals surface area contributed by atoms with E-state index in [9.17, 15) is 8.22 Å². The monoisotopic (exact) mass is 208 g/mol. The Bertz CT molecular complexity index is 455. The van der Waals surface area contributed by atoms with Crippen LogP contribution in [0.25, 0.3) is 10.8 Å². The second-order valence-corrected chi connectivity index (χ2v) is 5.73. The molecule has 2 rings (SSSR count). The van der Waals surface area contributed by atoms with E-state index >= 15 is 0 Å². The minimum Gasteiger partial charge on any atom is -0.265 e. The van der Waals surface area contributed by atoms with Crippen molar-refractivity contribution >= 4 is 24.7 Å². The van der Waals surface area contributed by atoms with Crippen LogP contribution >= 0.6 is 0 Å². The predicted octanol–water partition coefficient (Wildman–Crippen LogP) is 3.06. The average molecular weight is 208 g/mol. The first-order valence-corrected chi connectivity index (χ1v) is 6.71. The SMILES string of the molecule is C[Si](F)(F)c1cccc2ccccc12. The van der Waals surface area contributed by atoms with E-state index in [0.29, 0.717) is 5.39 Å². The summed E-state index contributed by atoms with van der Waals surface area (Å²) in [6.07, 6.45) is 0. The Labute approximate surface area is 82.5 Å². The molecule has 0 fully saturated rings. The Hall–Kier alpha value is -1.22. The summed E-state index contributed by atoms with van der Waals surface area (Å²) in [5.74, 6) is 0. The minimum atomic E-state index is -4.20. The normalized spacial score (nSPS) is 11.9. The van der Waals surface area contributed by atoms with Crippen molar-refractivity contribution in [3.05, 3.63) is 42.5 Å². The van der Waals surface area contributed by atoms with Gasteiger partial charge in [-0.05, 0) is 17.3 Å². The van der Waals surface area contributed by atoms with Crippen LogP contribution in [0.3, 0.4) is 0 Å². The van der Waals surface area contributed by atoms with Gasteiger partial charge in [-0.3, -0.25) is 8.22 Å². The first kappa shape index (κ1) is 9.34. The van der Waals surface area contributed by atoms with Crippen molar-refractivity contribution < 1.29 is 8.22 Å². The first-order chi connectivity index (χ1) is 6.59. The molecule has 0 saturated heterocycles. The van der Waals surface area contributed by atoms with E-state index < -0.39 is 8.74 Å². The summed E-state index contributed by atoms with van der Waals surface area (Å²) in [7, 11) is -4.20. The van der Waals surface area contributed by atoms with E-state index in [4.69, 9.17) is 0 Å². The molecule has 0 spiro atoms. The fraction of sp³-hybridized carbons (Fsp3) is 0.0909. The molecule has 0 nitrogen and oxygen atoms in total. The number of rotatable bonds is 1. The van der Waals surface area contributed by atoms with Gasteiger partial charge in [-0.2, -0.15) is 0 Å². The Kier molecular flexibility index (Phi) is 2.11. The maximum Gasteiger partial charge on any atom is 0.453 e. The Balaban J connectivity index is 2.78. The summed E-state index contributed by atoms with van der Waals surface area (Å²) in [4.78, 5) is 0. The number of benzene rings is 2. The standard InChI is InChI=1S/C11H10F2Si/c1-14(12,13)11-8-4-6-9-5-2-3-7-10(9)11/h2-8H,1H3. The van der Waals surface area contributed by atoms with E-state index in [0.717, 1.165) is 11.9 Å². The predicted molar refractivity (Wildman–Crippen MR) is 57.4 cm³/mol. The van der Waals surface area contributed by atoms with E-state index in [1.807, 2.05) is 18.2 Å². The highest BCUT2D eigenvalue weighted by Crippen LogP contribution is 2.16. The Morgan fingerprint density at radius 2 is 1.57 bits per heavy atom. The van der Waals surface area contributed by atoms with Gasteiger partial charge in [0.2, 0.25) is 0 Å². The van der Waals surface area contributed by atoms with Crippen molar-refractivity contribution in [3.63, 3.8) is 0 Å². The smallest absolute Gasteiger partial charge is 0.265 e. The third kappa shape index (κ3) is 1.55. The molecule has 0 aliphatic heterocycles. The van der Waals surface area contributed by atoms with Gasteiger partial charge in [0.15, 0.2) is 0 Å². The molecule has 0 aromatic heterocycles. The molecular formula is C11H10F2Si. The van der Waals surface area contributed by atoms with E-state index in [1.54, 1.807) is 18.2 Å². The van der Waals surface area contributed by atoms with E-state index in [-0.39, 0.29) is 5.19 Å². The summed E-state index contributed by atoms with van der Waals surface area (Å²) < 4.78 is 26.6. The molecule has 2 aromatic carbocycles. The number of halogens is 2. The Morgan fingerprint density at radius 1 is 0.929 bits per heavy atom. The largest absolute Gasteiger partial charge is 0.453 e. The van der Waals surface area contributed by atoms with Crippen molar-refractivity contribution in [2.75, 3.05) is 0 Å². The molecule has 3 heteroatoms. The summed E-state index contributed by atoms with van der Waals surface area (Å²) in [5.41, 5.74) is 0. The second-order valence-electron chi connectivity index (χ2n) is 3.42. The van der Waals surface area contributed by atoms with Crippen molar-refractivity contribution in [2.24, 2.45) is 0 Å². The molecule has 0 N–H and O–H groups in total. The van der Waals surface area contributed by atoms with Crippen molar-refractivity contribution in [1.29, 1.82) is 0 Å².